The molecule has 0 radical (unpaired) electrons. The summed E-state index contributed by atoms with van der Waals surface area (Å²) in [4.78, 5) is 13.7. The van der Waals surface area contributed by atoms with Crippen LogP contribution in [-0.2, 0) is 14.8 Å². The second kappa shape index (κ2) is 6.79. The smallest absolute Gasteiger partial charge is 0.241 e. The largest absolute Gasteiger partial charge is 0.343 e. The molecule has 0 aromatic heterocycles. The highest BCUT2D eigenvalue weighted by Gasteiger charge is 2.21. The molecular formula is C16H24N2O3S. The zero-order valence-electron chi connectivity index (χ0n) is 13.5. The predicted octanol–water partition coefficient (Wildman–Crippen LogP) is 1.90. The van der Waals surface area contributed by atoms with Gasteiger partial charge in [-0.05, 0) is 44.7 Å². The second-order valence-corrected chi connectivity index (χ2v) is 7.67. The Morgan fingerprint density at radius 1 is 1.18 bits per heavy atom. The van der Waals surface area contributed by atoms with Crippen LogP contribution in [0.15, 0.2) is 17.0 Å². The lowest BCUT2D eigenvalue weighted by molar-refractivity contribution is -0.127. The Labute approximate surface area is 132 Å². The minimum Gasteiger partial charge on any atom is -0.343 e. The van der Waals surface area contributed by atoms with E-state index in [1.807, 2.05) is 32.9 Å². The third kappa shape index (κ3) is 3.87. The molecule has 1 fully saturated rings. The highest BCUT2D eigenvalue weighted by atomic mass is 32.2. The number of rotatable bonds is 6. The molecule has 1 aliphatic heterocycles. The van der Waals surface area contributed by atoms with Crippen LogP contribution in [0.4, 0.5) is 0 Å². The molecule has 122 valence electrons. The summed E-state index contributed by atoms with van der Waals surface area (Å²) in [5, 5.41) is 0. The van der Waals surface area contributed by atoms with Gasteiger partial charge in [-0.15, -0.1) is 0 Å². The summed E-state index contributed by atoms with van der Waals surface area (Å²) >= 11 is 0. The molecular weight excluding hydrogens is 300 g/mol. The van der Waals surface area contributed by atoms with Crippen LogP contribution in [0.25, 0.3) is 0 Å². The van der Waals surface area contributed by atoms with Gasteiger partial charge in [-0.2, -0.15) is 0 Å². The molecule has 1 aliphatic rings. The predicted molar refractivity (Wildman–Crippen MR) is 86.3 cm³/mol. The Bertz CT molecular complexity index is 645. The molecule has 6 heteroatoms. The van der Waals surface area contributed by atoms with Crippen molar-refractivity contribution in [3.8, 4) is 0 Å². The Kier molecular flexibility index (Phi) is 5.24. The summed E-state index contributed by atoms with van der Waals surface area (Å²) in [6.07, 6.45) is 2.16. The Hall–Kier alpha value is -1.40. The number of nitrogens with zero attached hydrogens (tertiary/aromatic N) is 1. The van der Waals surface area contributed by atoms with Crippen LogP contribution in [0.2, 0.25) is 0 Å². The highest BCUT2D eigenvalue weighted by Crippen LogP contribution is 2.21. The van der Waals surface area contributed by atoms with Crippen molar-refractivity contribution < 1.29 is 13.2 Å². The molecule has 5 nitrogen and oxygen atoms in total. The molecule has 2 rings (SSSR count). The number of nitrogens with one attached hydrogen (secondary N) is 1. The van der Waals surface area contributed by atoms with E-state index in [1.165, 1.54) is 0 Å². The van der Waals surface area contributed by atoms with E-state index in [0.717, 1.165) is 29.7 Å². The third-order valence-electron chi connectivity index (χ3n) is 3.94. The van der Waals surface area contributed by atoms with Crippen LogP contribution in [0.1, 0.15) is 36.0 Å². The fraction of sp³-hybridized carbons (Fsp3) is 0.562. The van der Waals surface area contributed by atoms with E-state index in [-0.39, 0.29) is 5.91 Å². The molecule has 1 heterocycles. The number of hydrogen-bond acceptors (Lipinski definition) is 3. The van der Waals surface area contributed by atoms with Gasteiger partial charge in [-0.25, -0.2) is 13.1 Å². The molecule has 0 bridgehead atoms. The first kappa shape index (κ1) is 17.0. The third-order valence-corrected chi connectivity index (χ3v) is 5.71. The Morgan fingerprint density at radius 2 is 1.82 bits per heavy atom. The van der Waals surface area contributed by atoms with Gasteiger partial charge in [0.25, 0.3) is 0 Å². The zero-order valence-corrected chi connectivity index (χ0v) is 14.3. The van der Waals surface area contributed by atoms with Gasteiger partial charge in [-0.3, -0.25) is 4.79 Å². The minimum absolute atomic E-state index is 0.174. The molecule has 1 N–H and O–H groups in total. The van der Waals surface area contributed by atoms with Gasteiger partial charge in [-0.1, -0.05) is 17.7 Å². The topological polar surface area (TPSA) is 66.5 Å². The van der Waals surface area contributed by atoms with E-state index in [9.17, 15) is 13.2 Å². The first-order chi connectivity index (χ1) is 10.3. The van der Waals surface area contributed by atoms with Gasteiger partial charge in [0.15, 0.2) is 0 Å². The van der Waals surface area contributed by atoms with Gasteiger partial charge in [0.2, 0.25) is 15.9 Å². The first-order valence-corrected chi connectivity index (χ1v) is 9.15. The number of likely N-dealkylation sites (tertiary alicyclic amines) is 1. The van der Waals surface area contributed by atoms with Crippen molar-refractivity contribution >= 4 is 15.9 Å². The van der Waals surface area contributed by atoms with Crippen molar-refractivity contribution in [3.05, 3.63) is 28.8 Å². The summed E-state index contributed by atoms with van der Waals surface area (Å²) in [7, 11) is -3.50. The fourth-order valence-electron chi connectivity index (χ4n) is 3.08. The van der Waals surface area contributed by atoms with E-state index in [4.69, 9.17) is 0 Å². The lowest BCUT2D eigenvalue weighted by Gasteiger charge is -2.16. The molecule has 1 aromatic carbocycles. The Balaban J connectivity index is 1.95. The van der Waals surface area contributed by atoms with Crippen LogP contribution in [-0.4, -0.2) is 38.9 Å². The van der Waals surface area contributed by atoms with Crippen molar-refractivity contribution in [2.75, 3.05) is 19.6 Å². The second-order valence-electron chi connectivity index (χ2n) is 5.96. The molecule has 1 saturated heterocycles. The van der Waals surface area contributed by atoms with E-state index in [0.29, 0.717) is 30.8 Å². The Morgan fingerprint density at radius 3 is 2.36 bits per heavy atom. The normalized spacial score (nSPS) is 15.6. The lowest BCUT2D eigenvalue weighted by atomic mass is 10.1. The summed E-state index contributed by atoms with van der Waals surface area (Å²) < 4.78 is 27.6. The average molecular weight is 324 g/mol. The van der Waals surface area contributed by atoms with Crippen molar-refractivity contribution in [2.45, 2.75) is 44.9 Å². The van der Waals surface area contributed by atoms with Crippen LogP contribution < -0.4 is 4.72 Å². The quantitative estimate of drug-likeness (QED) is 0.813. The maximum atomic E-state index is 12.5. The molecule has 0 aliphatic carbocycles. The van der Waals surface area contributed by atoms with Gasteiger partial charge < -0.3 is 4.90 Å². The summed E-state index contributed by atoms with van der Waals surface area (Å²) in [5.74, 6) is 0.174. The van der Waals surface area contributed by atoms with Crippen molar-refractivity contribution in [1.82, 2.24) is 9.62 Å². The standard InChI is InChI=1S/C16H24N2O3S/c1-12-10-13(2)16(14(3)11-12)22(20,21)17-7-5-9-18-8-4-6-15(18)19/h10-11,17H,4-9H2,1-3H3. The van der Waals surface area contributed by atoms with Gasteiger partial charge in [0, 0.05) is 26.1 Å². The van der Waals surface area contributed by atoms with E-state index in [1.54, 1.807) is 4.90 Å². The van der Waals surface area contributed by atoms with E-state index >= 15 is 0 Å². The molecule has 0 atom stereocenters. The first-order valence-electron chi connectivity index (χ1n) is 7.66. The lowest BCUT2D eigenvalue weighted by Crippen LogP contribution is -2.31. The van der Waals surface area contributed by atoms with Crippen LogP contribution in [0.3, 0.4) is 0 Å². The van der Waals surface area contributed by atoms with Gasteiger partial charge in [0.05, 0.1) is 4.90 Å². The average Bonchev–Trinajstić information content (AvgIpc) is 2.78. The maximum Gasteiger partial charge on any atom is 0.241 e. The number of sulfonamides is 1. The molecule has 0 saturated carbocycles. The minimum atomic E-state index is -3.50. The SMILES string of the molecule is Cc1cc(C)c(S(=O)(=O)NCCCN2CCCC2=O)c(C)c1. The number of aryl methyl sites for hydroxylation is 3. The highest BCUT2D eigenvalue weighted by molar-refractivity contribution is 7.89. The van der Waals surface area contributed by atoms with Crippen molar-refractivity contribution in [1.29, 1.82) is 0 Å². The maximum absolute atomic E-state index is 12.5. The molecule has 22 heavy (non-hydrogen) atoms. The van der Waals surface area contributed by atoms with E-state index < -0.39 is 10.0 Å². The summed E-state index contributed by atoms with van der Waals surface area (Å²) in [5.41, 5.74) is 2.58. The molecule has 1 aromatic rings. The molecule has 0 spiro atoms. The number of carbonyl (C=O) groups excluding carboxylic acids is 1. The van der Waals surface area contributed by atoms with Crippen molar-refractivity contribution in [2.24, 2.45) is 0 Å². The molecule has 1 amide bonds. The van der Waals surface area contributed by atoms with Crippen LogP contribution >= 0.6 is 0 Å². The van der Waals surface area contributed by atoms with E-state index in [2.05, 4.69) is 4.72 Å². The van der Waals surface area contributed by atoms with Crippen molar-refractivity contribution in [3.63, 3.8) is 0 Å². The number of amides is 1. The zero-order chi connectivity index (χ0) is 16.3. The summed E-state index contributed by atoms with van der Waals surface area (Å²) in [6, 6.07) is 3.76. The number of benzene rings is 1. The number of carbonyl (C=O) groups is 1. The summed E-state index contributed by atoms with van der Waals surface area (Å²) in [6.45, 7) is 7.35. The van der Waals surface area contributed by atoms with Crippen LogP contribution in [0.5, 0.6) is 0 Å². The van der Waals surface area contributed by atoms with Gasteiger partial charge in [0.1, 0.15) is 0 Å². The van der Waals surface area contributed by atoms with Crippen LogP contribution in [0, 0.1) is 20.8 Å². The molecule has 0 unspecified atom stereocenters. The van der Waals surface area contributed by atoms with Gasteiger partial charge >= 0.3 is 0 Å². The monoisotopic (exact) mass is 324 g/mol. The number of hydrogen-bond donors (Lipinski definition) is 1. The fourth-order valence-corrected chi connectivity index (χ4v) is 4.60.